The lowest BCUT2D eigenvalue weighted by atomic mass is 10.1. The van der Waals surface area contributed by atoms with E-state index in [1.54, 1.807) is 0 Å². The largest absolute Gasteiger partial charge is 0.422 e. The number of halogens is 7. The van der Waals surface area contributed by atoms with E-state index in [0.717, 1.165) is 0 Å². The third-order valence-corrected chi connectivity index (χ3v) is 2.64. The van der Waals surface area contributed by atoms with E-state index in [9.17, 15) is 30.7 Å². The van der Waals surface area contributed by atoms with Crippen molar-refractivity contribution in [1.29, 1.82) is 0 Å². The highest BCUT2D eigenvalue weighted by molar-refractivity contribution is 6.32. The Morgan fingerprint density at radius 3 is 1.33 bits per heavy atom. The molecule has 0 unspecified atom stereocenters. The van der Waals surface area contributed by atoms with Crippen molar-refractivity contribution < 1.29 is 30.7 Å². The van der Waals surface area contributed by atoms with Crippen LogP contribution in [-0.2, 0) is 6.18 Å². The lowest BCUT2D eigenvalue weighted by Gasteiger charge is -2.12. The molecule has 0 saturated carbocycles. The van der Waals surface area contributed by atoms with Gasteiger partial charge in [0.15, 0.2) is 11.6 Å². The summed E-state index contributed by atoms with van der Waals surface area (Å²) >= 11 is -0.437. The average molecular weight is 246 g/mol. The molecule has 0 bridgehead atoms. The van der Waals surface area contributed by atoms with Gasteiger partial charge in [0.25, 0.3) is 16.3 Å². The fraction of sp³-hybridized carbons (Fsp3) is 0.143. The summed E-state index contributed by atoms with van der Waals surface area (Å²) in [7, 11) is 0. The van der Waals surface area contributed by atoms with Crippen LogP contribution in [0.5, 0.6) is 0 Å². The van der Waals surface area contributed by atoms with Crippen LogP contribution in [0.4, 0.5) is 30.7 Å². The summed E-state index contributed by atoms with van der Waals surface area (Å²) in [6.07, 6.45) is -5.47. The van der Waals surface area contributed by atoms with Gasteiger partial charge < -0.3 is 0 Å². The van der Waals surface area contributed by atoms with Gasteiger partial charge in [-0.1, -0.05) is 0 Å². The summed E-state index contributed by atoms with van der Waals surface area (Å²) < 4.78 is 85.9. The number of rotatable bonds is 0. The fourth-order valence-corrected chi connectivity index (χ4v) is 1.43. The van der Waals surface area contributed by atoms with Gasteiger partial charge in [0.05, 0.1) is 0 Å². The van der Waals surface area contributed by atoms with Crippen molar-refractivity contribution in [1.82, 2.24) is 0 Å². The first-order chi connectivity index (χ1) is 6.68. The fourth-order valence-electron chi connectivity index (χ4n) is 0.990. The first-order valence-electron chi connectivity index (χ1n) is 3.57. The minimum Gasteiger partial charge on any atom is -0.205 e. The summed E-state index contributed by atoms with van der Waals surface area (Å²) in [6, 6.07) is 0. The Morgan fingerprint density at radius 2 is 1.07 bits per heavy atom. The Kier molecular flexibility index (Phi) is 3.03. The molecule has 0 amide bonds. The predicted molar refractivity (Wildman–Crippen MR) is 39.5 cm³/mol. The number of hydrogen-bond donors (Lipinski definition) is 0. The number of benzene rings is 1. The summed E-state index contributed by atoms with van der Waals surface area (Å²) in [5.41, 5.74) is -2.53. The molecule has 0 saturated heterocycles. The van der Waals surface area contributed by atoms with E-state index >= 15 is 0 Å². The first kappa shape index (κ1) is 12.3. The van der Waals surface area contributed by atoms with Gasteiger partial charge in [-0.3, -0.25) is 0 Å². The Bertz CT molecular complexity index is 380. The molecular weight excluding hydrogens is 244 g/mol. The van der Waals surface area contributed by atoms with Crippen LogP contribution in [0, 0.1) is 23.3 Å². The number of alkyl halides is 3. The molecule has 8 heteroatoms. The van der Waals surface area contributed by atoms with Crippen molar-refractivity contribution in [2.24, 2.45) is 0 Å². The summed E-state index contributed by atoms with van der Waals surface area (Å²) in [5.74, 6) is -8.75. The second kappa shape index (κ2) is 3.69. The van der Waals surface area contributed by atoms with Crippen molar-refractivity contribution in [2.75, 3.05) is 0 Å². The Hall–Kier alpha value is -0.738. The highest BCUT2D eigenvalue weighted by Crippen LogP contribution is 2.34. The minimum absolute atomic E-state index is 0.437. The second-order valence-electron chi connectivity index (χ2n) is 2.75. The smallest absolute Gasteiger partial charge is 0.205 e. The Morgan fingerprint density at radius 1 is 0.733 bits per heavy atom. The third-order valence-electron chi connectivity index (χ3n) is 1.77. The van der Waals surface area contributed by atoms with E-state index in [4.69, 9.17) is 0 Å². The predicted octanol–water partition coefficient (Wildman–Crippen LogP) is 1.52. The van der Waals surface area contributed by atoms with Crippen LogP contribution in [0.3, 0.4) is 0 Å². The van der Waals surface area contributed by atoms with Gasteiger partial charge in [0.2, 0.25) is 0 Å². The van der Waals surface area contributed by atoms with Gasteiger partial charge in [-0.2, -0.15) is 13.2 Å². The van der Waals surface area contributed by atoms with Crippen LogP contribution in [0.25, 0.3) is 0 Å². The summed E-state index contributed by atoms with van der Waals surface area (Å²) in [5, 5.41) is 0. The zero-order valence-corrected chi connectivity index (χ0v) is 9.15. The molecule has 0 atom stereocenters. The zero-order chi connectivity index (χ0) is 12.0. The molecule has 0 heterocycles. The van der Waals surface area contributed by atoms with E-state index in [1.165, 1.54) is 0 Å². The van der Waals surface area contributed by atoms with Crippen LogP contribution >= 0.6 is 0 Å². The molecule has 0 nitrogen and oxygen atoms in total. The van der Waals surface area contributed by atoms with Crippen LogP contribution in [0.1, 0.15) is 5.56 Å². The van der Waals surface area contributed by atoms with E-state index in [-0.39, 0.29) is 0 Å². The average Bonchev–Trinajstić information content (AvgIpc) is 2.09. The van der Waals surface area contributed by atoms with Crippen molar-refractivity contribution in [3.63, 3.8) is 0 Å². The summed E-state index contributed by atoms with van der Waals surface area (Å²) in [4.78, 5) is 0. The number of hydrogen-bond acceptors (Lipinski definition) is 0. The SMILES string of the molecule is Fc1c(F)c(C(F)(F)F)c(F)c(F)[c]1[AlH2]. The molecule has 0 fully saturated rings. The maximum atomic E-state index is 12.7. The van der Waals surface area contributed by atoms with Crippen molar-refractivity contribution in [2.45, 2.75) is 6.18 Å². The lowest BCUT2D eigenvalue weighted by molar-refractivity contribution is -0.143. The standard InChI is InChI=1S/C7F7.Al.2H/c8-2-1-3(9)6(11)4(5(2)10)7(12,13)14;;;. The molecule has 0 aliphatic rings. The lowest BCUT2D eigenvalue weighted by Crippen LogP contribution is -2.24. The molecule has 15 heavy (non-hydrogen) atoms. The van der Waals surface area contributed by atoms with E-state index in [0.29, 0.717) is 0 Å². The van der Waals surface area contributed by atoms with Crippen LogP contribution in [-0.4, -0.2) is 16.3 Å². The topological polar surface area (TPSA) is 0 Å². The molecule has 1 aromatic rings. The quantitative estimate of drug-likeness (QED) is 0.370. The van der Waals surface area contributed by atoms with Crippen molar-refractivity contribution in [3.8, 4) is 0 Å². The van der Waals surface area contributed by atoms with Crippen LogP contribution in [0.15, 0.2) is 0 Å². The highest BCUT2D eigenvalue weighted by Gasteiger charge is 2.41. The molecule has 0 N–H and O–H groups in total. The Labute approximate surface area is 87.1 Å². The van der Waals surface area contributed by atoms with Gasteiger partial charge in [-0.05, 0) is 4.43 Å². The van der Waals surface area contributed by atoms with Gasteiger partial charge in [0.1, 0.15) is 17.2 Å². The monoisotopic (exact) mass is 246 g/mol. The van der Waals surface area contributed by atoms with E-state index in [1.807, 2.05) is 0 Å². The molecule has 0 aliphatic carbocycles. The maximum Gasteiger partial charge on any atom is 0.422 e. The highest BCUT2D eigenvalue weighted by atomic mass is 27.0. The normalized spacial score (nSPS) is 11.9. The van der Waals surface area contributed by atoms with Gasteiger partial charge >= 0.3 is 6.18 Å². The van der Waals surface area contributed by atoms with Crippen LogP contribution in [0.2, 0.25) is 0 Å². The molecule has 82 valence electrons. The van der Waals surface area contributed by atoms with E-state index in [2.05, 4.69) is 0 Å². The minimum atomic E-state index is -5.47. The molecule has 1 rings (SSSR count). The van der Waals surface area contributed by atoms with Crippen molar-refractivity contribution in [3.05, 3.63) is 28.8 Å². The molecular formula is C7H2AlF7. The molecule has 0 aromatic heterocycles. The Balaban J connectivity index is 3.68. The maximum absolute atomic E-state index is 12.7. The van der Waals surface area contributed by atoms with E-state index < -0.39 is 55.7 Å². The second-order valence-corrected chi connectivity index (χ2v) is 3.75. The third kappa shape index (κ3) is 1.96. The molecule has 1 aromatic carbocycles. The van der Waals surface area contributed by atoms with Crippen LogP contribution < -0.4 is 4.43 Å². The van der Waals surface area contributed by atoms with Gasteiger partial charge in [0, 0.05) is 0 Å². The van der Waals surface area contributed by atoms with Gasteiger partial charge in [-0.15, -0.1) is 0 Å². The zero-order valence-electron chi connectivity index (χ0n) is 7.15. The first-order valence-corrected chi connectivity index (χ1v) is 4.57. The molecule has 0 spiro atoms. The van der Waals surface area contributed by atoms with Gasteiger partial charge in [-0.25, -0.2) is 17.6 Å². The summed E-state index contributed by atoms with van der Waals surface area (Å²) in [6.45, 7) is 0. The van der Waals surface area contributed by atoms with Crippen molar-refractivity contribution >= 4 is 20.7 Å². The molecule has 0 aliphatic heterocycles. The molecule has 0 radical (unpaired) electrons.